The molecule has 14 rings (SSSR count). The monoisotopic (exact) mass is 891 g/mol. The summed E-state index contributed by atoms with van der Waals surface area (Å²) in [5.41, 5.74) is 22.0. The van der Waals surface area contributed by atoms with Crippen LogP contribution in [-0.4, -0.2) is 4.57 Å². The third kappa shape index (κ3) is 5.88. The fourth-order valence-electron chi connectivity index (χ4n) is 12.0. The number of fused-ring (bicyclic) bond motifs is 13. The molecule has 12 aromatic rings. The van der Waals surface area contributed by atoms with Crippen LogP contribution >= 0.6 is 0 Å². The maximum Gasteiger partial charge on any atom is 0.0746 e. The van der Waals surface area contributed by atoms with Crippen LogP contribution in [-0.2, 0) is 5.41 Å². The van der Waals surface area contributed by atoms with Gasteiger partial charge in [-0.15, -0.1) is 0 Å². The largest absolute Gasteiger partial charge is 0.310 e. The standard InChI is InChI=1S/C67H45N3/c1-5-21-46(22-6-1)47-39-41-51(42-40-47)68(48-23-7-2-8-24-48)62-37-20-35-60-65(62)57-31-14-17-34-59(57)67(60)58-33-16-13-29-53(58)56-32-19-38-63(66(56)67)69(49-25-9-3-10-26-49)52-43-44-55-54-30-15-18-36-61(54)70(64(55)45-52)50-27-11-4-12-28-50/h1-45H. The van der Waals surface area contributed by atoms with E-state index >= 15 is 0 Å². The van der Waals surface area contributed by atoms with Gasteiger partial charge in [-0.2, -0.15) is 0 Å². The van der Waals surface area contributed by atoms with Gasteiger partial charge in [-0.05, 0) is 123 Å². The predicted molar refractivity (Wildman–Crippen MR) is 292 cm³/mol. The summed E-state index contributed by atoms with van der Waals surface area (Å²) in [6.45, 7) is 0. The number of aromatic nitrogens is 1. The van der Waals surface area contributed by atoms with Crippen molar-refractivity contribution < 1.29 is 0 Å². The van der Waals surface area contributed by atoms with Crippen molar-refractivity contribution in [3.63, 3.8) is 0 Å². The van der Waals surface area contributed by atoms with Crippen LogP contribution in [0.15, 0.2) is 273 Å². The molecular weight excluding hydrogens is 847 g/mol. The van der Waals surface area contributed by atoms with E-state index in [4.69, 9.17) is 0 Å². The van der Waals surface area contributed by atoms with Gasteiger partial charge in [0, 0.05) is 50.3 Å². The molecule has 0 saturated carbocycles. The molecule has 2 aliphatic carbocycles. The molecule has 0 radical (unpaired) electrons. The predicted octanol–water partition coefficient (Wildman–Crippen LogP) is 17.7. The number of rotatable bonds is 8. The molecule has 3 nitrogen and oxygen atoms in total. The quantitative estimate of drug-likeness (QED) is 0.151. The summed E-state index contributed by atoms with van der Waals surface area (Å²) < 4.78 is 2.42. The normalized spacial score (nSPS) is 14.1. The van der Waals surface area contributed by atoms with Crippen molar-refractivity contribution in [2.45, 2.75) is 5.41 Å². The molecule has 1 aromatic heterocycles. The first-order valence-electron chi connectivity index (χ1n) is 24.2. The first kappa shape index (κ1) is 39.9. The third-order valence-corrected chi connectivity index (χ3v) is 14.8. The van der Waals surface area contributed by atoms with Crippen molar-refractivity contribution in [2.24, 2.45) is 0 Å². The highest BCUT2D eigenvalue weighted by molar-refractivity contribution is 6.11. The SMILES string of the molecule is c1ccc(-c2ccc(N(c3ccccc3)c3cccc4c3-c3ccccc3C43c4ccccc4-c4cccc(N(c5ccccc5)c5ccc6c7ccccc7n(-c7ccccc7)c6c5)c43)cc2)cc1. The average molecular weight is 892 g/mol. The van der Waals surface area contributed by atoms with E-state index in [0.29, 0.717) is 0 Å². The molecule has 3 heteroatoms. The summed E-state index contributed by atoms with van der Waals surface area (Å²) >= 11 is 0. The Morgan fingerprint density at radius 1 is 0.300 bits per heavy atom. The highest BCUT2D eigenvalue weighted by atomic mass is 15.2. The molecule has 0 amide bonds. The number of anilines is 6. The van der Waals surface area contributed by atoms with Crippen LogP contribution in [0.25, 0.3) is 60.9 Å². The Balaban J connectivity index is 1.04. The fraction of sp³-hybridized carbons (Fsp3) is 0.0149. The van der Waals surface area contributed by atoms with Crippen molar-refractivity contribution in [3.05, 3.63) is 295 Å². The van der Waals surface area contributed by atoms with Crippen LogP contribution in [0.2, 0.25) is 0 Å². The molecule has 0 saturated heterocycles. The highest BCUT2D eigenvalue weighted by Gasteiger charge is 2.54. The molecule has 0 fully saturated rings. The lowest BCUT2D eigenvalue weighted by molar-refractivity contribution is 0.793. The molecule has 70 heavy (non-hydrogen) atoms. The zero-order valence-electron chi connectivity index (χ0n) is 38.3. The molecule has 1 heterocycles. The van der Waals surface area contributed by atoms with E-state index < -0.39 is 5.41 Å². The number of hydrogen-bond acceptors (Lipinski definition) is 2. The molecule has 1 unspecified atom stereocenters. The van der Waals surface area contributed by atoms with Gasteiger partial charge in [-0.3, -0.25) is 0 Å². The summed E-state index contributed by atoms with van der Waals surface area (Å²) in [6, 6.07) is 100. The Morgan fingerprint density at radius 3 is 1.51 bits per heavy atom. The summed E-state index contributed by atoms with van der Waals surface area (Å²) in [5, 5.41) is 2.46. The molecule has 0 aliphatic heterocycles. The Kier molecular flexibility index (Phi) is 9.11. The average Bonchev–Trinajstić information content (AvgIpc) is 4.05. The van der Waals surface area contributed by atoms with Gasteiger partial charge in [0.2, 0.25) is 0 Å². The minimum Gasteiger partial charge on any atom is -0.310 e. The van der Waals surface area contributed by atoms with Crippen LogP contribution in [0.3, 0.4) is 0 Å². The second-order valence-electron chi connectivity index (χ2n) is 18.4. The summed E-state index contributed by atoms with van der Waals surface area (Å²) in [5.74, 6) is 0. The Bertz CT molecular complexity index is 3930. The summed E-state index contributed by atoms with van der Waals surface area (Å²) in [6.07, 6.45) is 0. The van der Waals surface area contributed by atoms with Gasteiger partial charge in [0.25, 0.3) is 0 Å². The summed E-state index contributed by atoms with van der Waals surface area (Å²) in [4.78, 5) is 4.96. The zero-order valence-corrected chi connectivity index (χ0v) is 38.3. The molecule has 1 spiro atoms. The van der Waals surface area contributed by atoms with Crippen LogP contribution in [0, 0.1) is 0 Å². The molecule has 0 bridgehead atoms. The van der Waals surface area contributed by atoms with E-state index in [1.165, 1.54) is 71.9 Å². The maximum atomic E-state index is 2.51. The van der Waals surface area contributed by atoms with Crippen LogP contribution in [0.4, 0.5) is 34.1 Å². The van der Waals surface area contributed by atoms with Crippen molar-refractivity contribution >= 4 is 55.9 Å². The number of nitrogens with zero attached hydrogens (tertiary/aromatic N) is 3. The van der Waals surface area contributed by atoms with E-state index in [-0.39, 0.29) is 0 Å². The third-order valence-electron chi connectivity index (χ3n) is 14.8. The van der Waals surface area contributed by atoms with Gasteiger partial charge in [-0.1, -0.05) is 194 Å². The first-order valence-corrected chi connectivity index (χ1v) is 24.2. The molecular formula is C67H45N3. The smallest absolute Gasteiger partial charge is 0.0746 e. The Morgan fingerprint density at radius 2 is 0.786 bits per heavy atom. The summed E-state index contributed by atoms with van der Waals surface area (Å²) in [7, 11) is 0. The molecule has 2 aliphatic rings. The van der Waals surface area contributed by atoms with E-state index in [1.807, 2.05) is 0 Å². The van der Waals surface area contributed by atoms with Gasteiger partial charge in [0.15, 0.2) is 0 Å². The number of benzene rings is 11. The van der Waals surface area contributed by atoms with E-state index in [1.54, 1.807) is 0 Å². The van der Waals surface area contributed by atoms with Gasteiger partial charge >= 0.3 is 0 Å². The van der Waals surface area contributed by atoms with Gasteiger partial charge in [0.05, 0.1) is 27.8 Å². The lowest BCUT2D eigenvalue weighted by Gasteiger charge is -2.36. The highest BCUT2D eigenvalue weighted by Crippen LogP contribution is 2.67. The molecule has 1 atom stereocenters. The van der Waals surface area contributed by atoms with Crippen molar-refractivity contribution in [2.75, 3.05) is 9.80 Å². The van der Waals surface area contributed by atoms with Crippen molar-refractivity contribution in [1.82, 2.24) is 4.57 Å². The molecule has 328 valence electrons. The second kappa shape index (κ2) is 16.0. The first-order chi connectivity index (χ1) is 34.8. The van der Waals surface area contributed by atoms with Crippen LogP contribution in [0.1, 0.15) is 22.3 Å². The second-order valence-corrected chi connectivity index (χ2v) is 18.4. The van der Waals surface area contributed by atoms with Crippen molar-refractivity contribution in [3.8, 4) is 39.1 Å². The Labute approximate surface area is 408 Å². The Hall–Kier alpha value is -9.18. The molecule has 11 aromatic carbocycles. The number of para-hydroxylation sites is 4. The molecule has 0 N–H and O–H groups in total. The van der Waals surface area contributed by atoms with Crippen molar-refractivity contribution in [1.29, 1.82) is 0 Å². The minimum atomic E-state index is -0.653. The lowest BCUT2D eigenvalue weighted by Crippen LogP contribution is -2.28. The van der Waals surface area contributed by atoms with E-state index in [0.717, 1.165) is 45.3 Å². The zero-order chi connectivity index (χ0) is 46.2. The van der Waals surface area contributed by atoms with Crippen LogP contribution in [0.5, 0.6) is 0 Å². The van der Waals surface area contributed by atoms with Gasteiger partial charge in [-0.25, -0.2) is 0 Å². The minimum absolute atomic E-state index is 0.653. The van der Waals surface area contributed by atoms with Gasteiger partial charge in [0.1, 0.15) is 0 Å². The topological polar surface area (TPSA) is 11.4 Å². The van der Waals surface area contributed by atoms with E-state index in [2.05, 4.69) is 287 Å². The number of hydrogen-bond donors (Lipinski definition) is 0. The maximum absolute atomic E-state index is 2.51. The fourth-order valence-corrected chi connectivity index (χ4v) is 12.0. The van der Waals surface area contributed by atoms with Crippen LogP contribution < -0.4 is 9.80 Å². The van der Waals surface area contributed by atoms with Gasteiger partial charge < -0.3 is 14.4 Å². The lowest BCUT2D eigenvalue weighted by atomic mass is 9.70. The van der Waals surface area contributed by atoms with E-state index in [9.17, 15) is 0 Å².